The number of amides is 1. The summed E-state index contributed by atoms with van der Waals surface area (Å²) < 4.78 is 5.52. The number of aryl methyl sites for hydroxylation is 3. The third kappa shape index (κ3) is 2.96. The lowest BCUT2D eigenvalue weighted by Gasteiger charge is -2.28. The van der Waals surface area contributed by atoms with Crippen LogP contribution in [-0.2, 0) is 9.53 Å². The molecule has 2 rings (SSSR count). The molecule has 0 spiro atoms. The molecule has 1 amide bonds. The molecule has 1 N–H and O–H groups in total. The summed E-state index contributed by atoms with van der Waals surface area (Å²) in [5, 5.41) is 3.18. The Kier molecular flexibility index (Phi) is 4.22. The monoisotopic (exact) mass is 262 g/mol. The van der Waals surface area contributed by atoms with Crippen LogP contribution in [0, 0.1) is 20.8 Å². The SMILES string of the molecule is Cc1cc(C)c(N(C)C(=O)C2CNCCO2)cc1C. The predicted molar refractivity (Wildman–Crippen MR) is 76.7 cm³/mol. The smallest absolute Gasteiger partial charge is 0.257 e. The third-order valence-electron chi connectivity index (χ3n) is 3.71. The predicted octanol–water partition coefficient (Wildman–Crippen LogP) is 1.56. The van der Waals surface area contributed by atoms with Crippen molar-refractivity contribution in [3.8, 4) is 0 Å². The van der Waals surface area contributed by atoms with Crippen molar-refractivity contribution in [1.29, 1.82) is 0 Å². The molecule has 0 bridgehead atoms. The Balaban J connectivity index is 2.21. The molecule has 1 aromatic carbocycles. The van der Waals surface area contributed by atoms with Gasteiger partial charge in [-0.05, 0) is 43.5 Å². The standard InChI is InChI=1S/C15H22N2O2/c1-10-7-12(3)13(8-11(10)2)17(4)15(18)14-9-16-5-6-19-14/h7-8,14,16H,5-6,9H2,1-4H3. The fourth-order valence-corrected chi connectivity index (χ4v) is 2.37. The van der Waals surface area contributed by atoms with Gasteiger partial charge in [0.1, 0.15) is 6.10 Å². The number of hydrogen-bond acceptors (Lipinski definition) is 3. The van der Waals surface area contributed by atoms with Gasteiger partial charge in [0.25, 0.3) is 5.91 Å². The van der Waals surface area contributed by atoms with E-state index >= 15 is 0 Å². The van der Waals surface area contributed by atoms with E-state index in [0.717, 1.165) is 17.8 Å². The van der Waals surface area contributed by atoms with Crippen LogP contribution < -0.4 is 10.2 Å². The molecule has 4 heteroatoms. The molecule has 0 aliphatic carbocycles. The molecule has 0 saturated carbocycles. The van der Waals surface area contributed by atoms with Crippen molar-refractivity contribution in [2.45, 2.75) is 26.9 Å². The highest BCUT2D eigenvalue weighted by atomic mass is 16.5. The van der Waals surface area contributed by atoms with Crippen LogP contribution in [0.3, 0.4) is 0 Å². The molecule has 0 radical (unpaired) electrons. The fourth-order valence-electron chi connectivity index (χ4n) is 2.37. The zero-order valence-corrected chi connectivity index (χ0v) is 12.1. The molecule has 1 fully saturated rings. The first-order chi connectivity index (χ1) is 9.00. The van der Waals surface area contributed by atoms with Crippen molar-refractivity contribution in [2.24, 2.45) is 0 Å². The number of morpholine rings is 1. The van der Waals surface area contributed by atoms with Gasteiger partial charge in [-0.3, -0.25) is 4.79 Å². The number of ether oxygens (including phenoxy) is 1. The highest BCUT2D eigenvalue weighted by Gasteiger charge is 2.26. The van der Waals surface area contributed by atoms with Crippen LogP contribution in [0.1, 0.15) is 16.7 Å². The molecule has 1 aliphatic rings. The Morgan fingerprint density at radius 1 is 1.26 bits per heavy atom. The van der Waals surface area contributed by atoms with Crippen LogP contribution in [0.25, 0.3) is 0 Å². The Hall–Kier alpha value is -1.39. The number of carbonyl (C=O) groups excluding carboxylic acids is 1. The zero-order chi connectivity index (χ0) is 14.0. The van der Waals surface area contributed by atoms with E-state index in [4.69, 9.17) is 4.74 Å². The molecule has 1 saturated heterocycles. The Bertz CT molecular complexity index is 479. The van der Waals surface area contributed by atoms with Crippen molar-refractivity contribution in [3.05, 3.63) is 28.8 Å². The Morgan fingerprint density at radius 3 is 2.58 bits per heavy atom. The maximum absolute atomic E-state index is 12.4. The normalized spacial score (nSPS) is 19.3. The molecule has 4 nitrogen and oxygen atoms in total. The van der Waals surface area contributed by atoms with E-state index in [1.54, 1.807) is 4.90 Å². The zero-order valence-electron chi connectivity index (χ0n) is 12.1. The van der Waals surface area contributed by atoms with Gasteiger partial charge in [0, 0.05) is 25.8 Å². The van der Waals surface area contributed by atoms with Crippen molar-refractivity contribution in [3.63, 3.8) is 0 Å². The van der Waals surface area contributed by atoms with E-state index in [0.29, 0.717) is 13.2 Å². The third-order valence-corrected chi connectivity index (χ3v) is 3.71. The van der Waals surface area contributed by atoms with Crippen molar-refractivity contribution in [2.75, 3.05) is 31.6 Å². The first-order valence-corrected chi connectivity index (χ1v) is 6.68. The van der Waals surface area contributed by atoms with E-state index in [-0.39, 0.29) is 12.0 Å². The number of rotatable bonds is 2. The fraction of sp³-hybridized carbons (Fsp3) is 0.533. The lowest BCUT2D eigenvalue weighted by Crippen LogP contribution is -2.48. The number of carbonyl (C=O) groups is 1. The lowest BCUT2D eigenvalue weighted by molar-refractivity contribution is -0.131. The molecule has 19 heavy (non-hydrogen) atoms. The Labute approximate surface area is 114 Å². The van der Waals surface area contributed by atoms with E-state index in [1.165, 1.54) is 11.1 Å². The molecular weight excluding hydrogens is 240 g/mol. The number of likely N-dealkylation sites (N-methyl/N-ethyl adjacent to an activating group) is 1. The highest BCUT2D eigenvalue weighted by molar-refractivity contribution is 5.97. The van der Waals surface area contributed by atoms with Gasteiger partial charge in [-0.15, -0.1) is 0 Å². The second-order valence-electron chi connectivity index (χ2n) is 5.18. The number of hydrogen-bond donors (Lipinski definition) is 1. The maximum atomic E-state index is 12.4. The minimum Gasteiger partial charge on any atom is -0.366 e. The van der Waals surface area contributed by atoms with Crippen LogP contribution in [0.2, 0.25) is 0 Å². The molecule has 1 heterocycles. The molecule has 1 unspecified atom stereocenters. The number of nitrogens with zero attached hydrogens (tertiary/aromatic N) is 1. The molecular formula is C15H22N2O2. The first-order valence-electron chi connectivity index (χ1n) is 6.68. The van der Waals surface area contributed by atoms with Crippen molar-refractivity contribution in [1.82, 2.24) is 5.32 Å². The highest BCUT2D eigenvalue weighted by Crippen LogP contribution is 2.24. The van der Waals surface area contributed by atoms with E-state index in [1.807, 2.05) is 14.0 Å². The lowest BCUT2D eigenvalue weighted by atomic mass is 10.0. The Morgan fingerprint density at radius 2 is 1.95 bits per heavy atom. The molecule has 1 atom stereocenters. The van der Waals surface area contributed by atoms with Crippen LogP contribution in [0.5, 0.6) is 0 Å². The summed E-state index contributed by atoms with van der Waals surface area (Å²) in [5.74, 6) is 0.0125. The van der Waals surface area contributed by atoms with Crippen molar-refractivity contribution >= 4 is 11.6 Å². The summed E-state index contributed by atoms with van der Waals surface area (Å²) in [6.07, 6.45) is -0.375. The summed E-state index contributed by atoms with van der Waals surface area (Å²) in [6, 6.07) is 4.19. The van der Waals surface area contributed by atoms with Gasteiger partial charge in [-0.2, -0.15) is 0 Å². The molecule has 104 valence electrons. The molecule has 0 aromatic heterocycles. The van der Waals surface area contributed by atoms with Gasteiger partial charge in [-0.25, -0.2) is 0 Å². The quantitative estimate of drug-likeness (QED) is 0.879. The second kappa shape index (κ2) is 5.72. The molecule has 1 aromatic rings. The van der Waals surface area contributed by atoms with Gasteiger partial charge in [0.05, 0.1) is 6.61 Å². The minimum absolute atomic E-state index is 0.0125. The van der Waals surface area contributed by atoms with Crippen LogP contribution in [-0.4, -0.2) is 38.8 Å². The molecule has 1 aliphatic heterocycles. The van der Waals surface area contributed by atoms with E-state index in [2.05, 4.69) is 31.3 Å². The number of nitrogens with one attached hydrogen (secondary N) is 1. The van der Waals surface area contributed by atoms with Crippen LogP contribution >= 0.6 is 0 Å². The van der Waals surface area contributed by atoms with Gasteiger partial charge >= 0.3 is 0 Å². The largest absolute Gasteiger partial charge is 0.366 e. The van der Waals surface area contributed by atoms with Crippen LogP contribution in [0.4, 0.5) is 5.69 Å². The number of anilines is 1. The topological polar surface area (TPSA) is 41.6 Å². The summed E-state index contributed by atoms with van der Waals surface area (Å²) in [7, 11) is 1.82. The van der Waals surface area contributed by atoms with Gasteiger partial charge in [0.15, 0.2) is 0 Å². The van der Waals surface area contributed by atoms with Crippen LogP contribution in [0.15, 0.2) is 12.1 Å². The summed E-state index contributed by atoms with van der Waals surface area (Å²) in [6.45, 7) is 8.18. The van der Waals surface area contributed by atoms with Gasteiger partial charge in [-0.1, -0.05) is 6.07 Å². The first kappa shape index (κ1) is 14.0. The average molecular weight is 262 g/mol. The summed E-state index contributed by atoms with van der Waals surface area (Å²) in [5.41, 5.74) is 4.52. The average Bonchev–Trinajstić information content (AvgIpc) is 2.42. The van der Waals surface area contributed by atoms with E-state index in [9.17, 15) is 4.79 Å². The van der Waals surface area contributed by atoms with Gasteiger partial charge in [0.2, 0.25) is 0 Å². The summed E-state index contributed by atoms with van der Waals surface area (Å²) in [4.78, 5) is 14.1. The second-order valence-corrected chi connectivity index (χ2v) is 5.18. The van der Waals surface area contributed by atoms with Crippen molar-refractivity contribution < 1.29 is 9.53 Å². The van der Waals surface area contributed by atoms with E-state index < -0.39 is 0 Å². The summed E-state index contributed by atoms with van der Waals surface area (Å²) >= 11 is 0. The minimum atomic E-state index is -0.375. The van der Waals surface area contributed by atoms with Gasteiger partial charge < -0.3 is 15.0 Å². The maximum Gasteiger partial charge on any atom is 0.257 e. The number of benzene rings is 1.